The van der Waals surface area contributed by atoms with Gasteiger partial charge in [0.1, 0.15) is 0 Å². The monoisotopic (exact) mass is 252 g/mol. The van der Waals surface area contributed by atoms with Crippen LogP contribution in [-0.2, 0) is 11.3 Å². The van der Waals surface area contributed by atoms with Crippen LogP contribution in [0.5, 0.6) is 0 Å². The molecule has 17 heavy (non-hydrogen) atoms. The summed E-state index contributed by atoms with van der Waals surface area (Å²) in [5, 5.41) is 13.3. The summed E-state index contributed by atoms with van der Waals surface area (Å²) >= 11 is 1.16. The highest BCUT2D eigenvalue weighted by atomic mass is 32.2. The van der Waals surface area contributed by atoms with Crippen LogP contribution < -0.4 is 0 Å². The highest BCUT2D eigenvalue weighted by Gasteiger charge is 2.07. The Morgan fingerprint density at radius 2 is 2.41 bits per heavy atom. The summed E-state index contributed by atoms with van der Waals surface area (Å²) in [6, 6.07) is 0. The predicted molar refractivity (Wildman–Crippen MR) is 63.8 cm³/mol. The molecule has 6 nitrogen and oxygen atoms in total. The Morgan fingerprint density at radius 1 is 1.59 bits per heavy atom. The van der Waals surface area contributed by atoms with Crippen molar-refractivity contribution in [2.75, 3.05) is 5.75 Å². The van der Waals surface area contributed by atoms with Gasteiger partial charge in [-0.1, -0.05) is 11.8 Å². The van der Waals surface area contributed by atoms with E-state index in [1.807, 2.05) is 17.8 Å². The molecular formula is C10H12N4O2S. The summed E-state index contributed by atoms with van der Waals surface area (Å²) in [5.41, 5.74) is 1.79. The molecule has 0 atom stereocenters. The van der Waals surface area contributed by atoms with Crippen molar-refractivity contribution in [2.24, 2.45) is 0 Å². The summed E-state index contributed by atoms with van der Waals surface area (Å²) in [7, 11) is 0. The van der Waals surface area contributed by atoms with Gasteiger partial charge in [0.2, 0.25) is 0 Å². The standard InChI is InChI=1S/C10H12N4O2S/c1-2-14-5-7(3-12-14)8-4-11-10(13-8)17-6-9(15)16/h3-5H,2,6H2,1H3,(H,11,13)(H,15,16). The van der Waals surface area contributed by atoms with Gasteiger partial charge in [-0.2, -0.15) is 5.10 Å². The van der Waals surface area contributed by atoms with E-state index in [4.69, 9.17) is 5.11 Å². The molecule has 0 radical (unpaired) electrons. The minimum Gasteiger partial charge on any atom is -0.481 e. The second kappa shape index (κ2) is 5.05. The van der Waals surface area contributed by atoms with Crippen LogP contribution in [0.3, 0.4) is 0 Å². The Labute approximate surface area is 102 Å². The molecule has 0 aromatic carbocycles. The number of aryl methyl sites for hydroxylation is 1. The van der Waals surface area contributed by atoms with Crippen molar-refractivity contribution in [2.45, 2.75) is 18.6 Å². The largest absolute Gasteiger partial charge is 0.481 e. The van der Waals surface area contributed by atoms with E-state index in [1.165, 1.54) is 0 Å². The van der Waals surface area contributed by atoms with Crippen LogP contribution in [0.1, 0.15) is 6.92 Å². The van der Waals surface area contributed by atoms with Crippen LogP contribution in [0.25, 0.3) is 11.3 Å². The molecule has 0 bridgehead atoms. The molecule has 0 saturated heterocycles. The van der Waals surface area contributed by atoms with Crippen LogP contribution in [0.2, 0.25) is 0 Å². The first-order valence-electron chi connectivity index (χ1n) is 5.11. The maximum atomic E-state index is 10.4. The number of imidazole rings is 1. The van der Waals surface area contributed by atoms with Gasteiger partial charge in [-0.15, -0.1) is 0 Å². The van der Waals surface area contributed by atoms with E-state index in [2.05, 4.69) is 15.1 Å². The van der Waals surface area contributed by atoms with Crippen molar-refractivity contribution in [3.8, 4) is 11.3 Å². The van der Waals surface area contributed by atoms with E-state index < -0.39 is 5.97 Å². The van der Waals surface area contributed by atoms with Crippen molar-refractivity contribution in [3.63, 3.8) is 0 Å². The fourth-order valence-electron chi connectivity index (χ4n) is 1.33. The fraction of sp³-hybridized carbons (Fsp3) is 0.300. The minimum atomic E-state index is -0.855. The van der Waals surface area contributed by atoms with Crippen molar-refractivity contribution in [3.05, 3.63) is 18.6 Å². The Bertz CT molecular complexity index is 520. The average molecular weight is 252 g/mol. The molecule has 2 aromatic heterocycles. The summed E-state index contributed by atoms with van der Waals surface area (Å²) in [6.45, 7) is 2.83. The molecule has 0 amide bonds. The Hall–Kier alpha value is -1.76. The molecule has 2 N–H and O–H groups in total. The van der Waals surface area contributed by atoms with Gasteiger partial charge in [0.15, 0.2) is 5.16 Å². The molecule has 0 aliphatic heterocycles. The number of carbonyl (C=O) groups is 1. The minimum absolute atomic E-state index is 0.00117. The maximum Gasteiger partial charge on any atom is 0.313 e. The number of hydrogen-bond acceptors (Lipinski definition) is 4. The topological polar surface area (TPSA) is 83.8 Å². The number of H-pyrrole nitrogens is 1. The second-order valence-corrected chi connectivity index (χ2v) is 4.33. The normalized spacial score (nSPS) is 10.6. The molecule has 90 valence electrons. The number of aliphatic carboxylic acids is 1. The molecule has 0 spiro atoms. The number of carboxylic acids is 1. The third-order valence-electron chi connectivity index (χ3n) is 2.15. The number of aromatic amines is 1. The molecule has 0 aliphatic carbocycles. The third kappa shape index (κ3) is 2.88. The maximum absolute atomic E-state index is 10.4. The van der Waals surface area contributed by atoms with Gasteiger partial charge < -0.3 is 10.1 Å². The number of nitrogens with one attached hydrogen (secondary N) is 1. The van der Waals surface area contributed by atoms with Crippen molar-refractivity contribution < 1.29 is 9.90 Å². The lowest BCUT2D eigenvalue weighted by Gasteiger charge is -1.93. The first-order chi connectivity index (χ1) is 8.19. The number of hydrogen-bond donors (Lipinski definition) is 2. The number of thioether (sulfide) groups is 1. The van der Waals surface area contributed by atoms with Crippen LogP contribution in [0.15, 0.2) is 23.7 Å². The van der Waals surface area contributed by atoms with Gasteiger partial charge in [-0.05, 0) is 6.92 Å². The lowest BCUT2D eigenvalue weighted by Crippen LogP contribution is -1.97. The molecule has 2 aromatic rings. The molecule has 0 saturated carbocycles. The SMILES string of the molecule is CCn1cc(-c2cnc(SCC(=O)O)[nH]2)cn1. The van der Waals surface area contributed by atoms with Gasteiger partial charge in [0.05, 0.1) is 23.8 Å². The van der Waals surface area contributed by atoms with Gasteiger partial charge >= 0.3 is 5.97 Å². The predicted octanol–water partition coefficient (Wildman–Crippen LogP) is 1.47. The van der Waals surface area contributed by atoms with E-state index in [0.29, 0.717) is 5.16 Å². The van der Waals surface area contributed by atoms with Gasteiger partial charge in [0, 0.05) is 18.3 Å². The number of nitrogens with zero attached hydrogens (tertiary/aromatic N) is 3. The lowest BCUT2D eigenvalue weighted by atomic mass is 10.3. The smallest absolute Gasteiger partial charge is 0.313 e. The summed E-state index contributed by atoms with van der Waals surface area (Å²) in [6.07, 6.45) is 5.35. The van der Waals surface area contributed by atoms with Crippen LogP contribution in [0, 0.1) is 0 Å². The van der Waals surface area contributed by atoms with E-state index >= 15 is 0 Å². The molecular weight excluding hydrogens is 240 g/mol. The first kappa shape index (κ1) is 11.7. The van der Waals surface area contributed by atoms with Gasteiger partial charge in [0.25, 0.3) is 0 Å². The summed E-state index contributed by atoms with van der Waals surface area (Å²) in [5.74, 6) is -0.854. The van der Waals surface area contributed by atoms with Crippen molar-refractivity contribution in [1.82, 2.24) is 19.7 Å². The van der Waals surface area contributed by atoms with E-state index in [-0.39, 0.29) is 5.75 Å². The Balaban J connectivity index is 2.09. The Kier molecular flexibility index (Phi) is 3.48. The van der Waals surface area contributed by atoms with Crippen molar-refractivity contribution in [1.29, 1.82) is 0 Å². The van der Waals surface area contributed by atoms with E-state index in [0.717, 1.165) is 29.6 Å². The van der Waals surface area contributed by atoms with Gasteiger partial charge in [-0.25, -0.2) is 4.98 Å². The zero-order valence-electron chi connectivity index (χ0n) is 9.25. The second-order valence-electron chi connectivity index (χ2n) is 3.37. The highest BCUT2D eigenvalue weighted by molar-refractivity contribution is 7.99. The molecule has 0 unspecified atom stereocenters. The Morgan fingerprint density at radius 3 is 3.06 bits per heavy atom. The molecule has 7 heteroatoms. The zero-order chi connectivity index (χ0) is 12.3. The lowest BCUT2D eigenvalue weighted by molar-refractivity contribution is -0.133. The number of aromatic nitrogens is 4. The fourth-order valence-corrected chi connectivity index (χ4v) is 1.90. The molecule has 0 fully saturated rings. The molecule has 2 heterocycles. The summed E-state index contributed by atoms with van der Waals surface area (Å²) < 4.78 is 1.82. The highest BCUT2D eigenvalue weighted by Crippen LogP contribution is 2.20. The molecule has 2 rings (SSSR count). The van der Waals surface area contributed by atoms with E-state index in [9.17, 15) is 4.79 Å². The first-order valence-corrected chi connectivity index (χ1v) is 6.10. The third-order valence-corrected chi connectivity index (χ3v) is 3.03. The summed E-state index contributed by atoms with van der Waals surface area (Å²) in [4.78, 5) is 17.6. The van der Waals surface area contributed by atoms with Gasteiger partial charge in [-0.3, -0.25) is 9.48 Å². The average Bonchev–Trinajstić information content (AvgIpc) is 2.94. The van der Waals surface area contributed by atoms with Crippen LogP contribution in [0.4, 0.5) is 0 Å². The number of rotatable bonds is 5. The number of carboxylic acid groups (broad SMARTS) is 1. The van der Waals surface area contributed by atoms with E-state index in [1.54, 1.807) is 12.4 Å². The molecule has 0 aliphatic rings. The zero-order valence-corrected chi connectivity index (χ0v) is 10.1. The van der Waals surface area contributed by atoms with Crippen LogP contribution >= 0.6 is 11.8 Å². The quantitative estimate of drug-likeness (QED) is 0.787. The van der Waals surface area contributed by atoms with Crippen molar-refractivity contribution >= 4 is 17.7 Å². The van der Waals surface area contributed by atoms with Crippen LogP contribution in [-0.4, -0.2) is 36.6 Å².